The van der Waals surface area contributed by atoms with Crippen molar-refractivity contribution in [3.05, 3.63) is 58.4 Å². The second-order valence-corrected chi connectivity index (χ2v) is 6.26. The number of hydrogen-bond acceptors (Lipinski definition) is 2. The first-order valence-corrected chi connectivity index (χ1v) is 7.61. The van der Waals surface area contributed by atoms with E-state index in [0.29, 0.717) is 10.6 Å². The minimum atomic E-state index is -0.164. The molecule has 0 spiro atoms. The Morgan fingerprint density at radius 3 is 2.45 bits per heavy atom. The van der Waals surface area contributed by atoms with Gasteiger partial charge in [-0.2, -0.15) is 0 Å². The first kappa shape index (κ1) is 15.4. The van der Waals surface area contributed by atoms with Crippen molar-refractivity contribution in [3.63, 3.8) is 0 Å². The lowest BCUT2D eigenvalue weighted by Crippen LogP contribution is -2.13. The third kappa shape index (κ3) is 3.54. The standard InChI is InChI=1S/C16H17ClFNS/c1-10-8-16(14(9-15(10)18)11(2)19-3)20-13-6-4-12(17)5-7-13/h4-9,11,19H,1-3H3. The van der Waals surface area contributed by atoms with Crippen LogP contribution in [-0.4, -0.2) is 7.05 Å². The molecular formula is C16H17ClFNS. The highest BCUT2D eigenvalue weighted by molar-refractivity contribution is 7.99. The summed E-state index contributed by atoms with van der Waals surface area (Å²) in [5.74, 6) is -0.164. The molecule has 4 heteroatoms. The topological polar surface area (TPSA) is 12.0 Å². The summed E-state index contributed by atoms with van der Waals surface area (Å²) < 4.78 is 13.8. The molecule has 1 unspecified atom stereocenters. The number of nitrogens with one attached hydrogen (secondary N) is 1. The van der Waals surface area contributed by atoms with Crippen LogP contribution >= 0.6 is 23.4 Å². The van der Waals surface area contributed by atoms with Gasteiger partial charge in [0, 0.05) is 20.9 Å². The molecule has 0 aliphatic rings. The summed E-state index contributed by atoms with van der Waals surface area (Å²) in [5, 5.41) is 3.88. The highest BCUT2D eigenvalue weighted by Crippen LogP contribution is 2.35. The van der Waals surface area contributed by atoms with Crippen molar-refractivity contribution >= 4 is 23.4 Å². The number of benzene rings is 2. The Morgan fingerprint density at radius 2 is 1.85 bits per heavy atom. The van der Waals surface area contributed by atoms with Crippen molar-refractivity contribution in [1.82, 2.24) is 5.32 Å². The zero-order valence-electron chi connectivity index (χ0n) is 11.7. The number of halogens is 2. The molecule has 1 N–H and O–H groups in total. The third-order valence-electron chi connectivity index (χ3n) is 3.23. The van der Waals surface area contributed by atoms with E-state index in [9.17, 15) is 4.39 Å². The van der Waals surface area contributed by atoms with Crippen LogP contribution < -0.4 is 5.32 Å². The molecule has 106 valence electrons. The number of aryl methyl sites for hydroxylation is 1. The van der Waals surface area contributed by atoms with Crippen molar-refractivity contribution in [2.24, 2.45) is 0 Å². The van der Waals surface area contributed by atoms with Crippen LogP contribution in [0.5, 0.6) is 0 Å². The predicted molar refractivity (Wildman–Crippen MR) is 84.2 cm³/mol. The highest BCUT2D eigenvalue weighted by atomic mass is 35.5. The number of rotatable bonds is 4. The lowest BCUT2D eigenvalue weighted by Gasteiger charge is -2.17. The van der Waals surface area contributed by atoms with E-state index in [4.69, 9.17) is 11.6 Å². The molecule has 20 heavy (non-hydrogen) atoms. The molecular weight excluding hydrogens is 293 g/mol. The molecule has 0 saturated heterocycles. The van der Waals surface area contributed by atoms with Gasteiger partial charge < -0.3 is 5.32 Å². The summed E-state index contributed by atoms with van der Waals surface area (Å²) in [4.78, 5) is 2.15. The van der Waals surface area contributed by atoms with Crippen LogP contribution in [0.4, 0.5) is 4.39 Å². The van der Waals surface area contributed by atoms with Crippen LogP contribution in [0.1, 0.15) is 24.1 Å². The fraction of sp³-hybridized carbons (Fsp3) is 0.250. The Morgan fingerprint density at radius 1 is 1.20 bits per heavy atom. The molecule has 0 bridgehead atoms. The van der Waals surface area contributed by atoms with Gasteiger partial charge >= 0.3 is 0 Å². The monoisotopic (exact) mass is 309 g/mol. The maximum Gasteiger partial charge on any atom is 0.126 e. The van der Waals surface area contributed by atoms with E-state index in [1.807, 2.05) is 44.3 Å². The van der Waals surface area contributed by atoms with Gasteiger partial charge in [-0.15, -0.1) is 0 Å². The summed E-state index contributed by atoms with van der Waals surface area (Å²) in [6, 6.07) is 11.3. The van der Waals surface area contributed by atoms with E-state index >= 15 is 0 Å². The van der Waals surface area contributed by atoms with Crippen molar-refractivity contribution < 1.29 is 4.39 Å². The lowest BCUT2D eigenvalue weighted by atomic mass is 10.1. The highest BCUT2D eigenvalue weighted by Gasteiger charge is 2.13. The van der Waals surface area contributed by atoms with Gasteiger partial charge in [0.25, 0.3) is 0 Å². The fourth-order valence-electron chi connectivity index (χ4n) is 1.88. The molecule has 0 aliphatic carbocycles. The van der Waals surface area contributed by atoms with Gasteiger partial charge in [0.1, 0.15) is 5.82 Å². The molecule has 0 amide bonds. The predicted octanol–water partition coefficient (Wildman–Crippen LogP) is 5.22. The van der Waals surface area contributed by atoms with Gasteiger partial charge in [0.2, 0.25) is 0 Å². The minimum Gasteiger partial charge on any atom is -0.313 e. The Labute approximate surface area is 128 Å². The normalized spacial score (nSPS) is 12.4. The maximum absolute atomic E-state index is 13.8. The summed E-state index contributed by atoms with van der Waals surface area (Å²) in [6.45, 7) is 3.81. The average molecular weight is 310 g/mol. The second kappa shape index (κ2) is 6.61. The molecule has 0 saturated carbocycles. The van der Waals surface area contributed by atoms with Crippen molar-refractivity contribution in [1.29, 1.82) is 0 Å². The van der Waals surface area contributed by atoms with Crippen LogP contribution in [-0.2, 0) is 0 Å². The molecule has 0 radical (unpaired) electrons. The van der Waals surface area contributed by atoms with Crippen LogP contribution in [0.25, 0.3) is 0 Å². The molecule has 2 rings (SSSR count). The average Bonchev–Trinajstić information content (AvgIpc) is 2.44. The minimum absolute atomic E-state index is 0.0971. The Hall–Kier alpha value is -1.03. The third-order valence-corrected chi connectivity index (χ3v) is 4.57. The zero-order chi connectivity index (χ0) is 14.7. The molecule has 1 atom stereocenters. The molecule has 0 fully saturated rings. The maximum atomic E-state index is 13.8. The summed E-state index contributed by atoms with van der Waals surface area (Å²) in [7, 11) is 1.87. The molecule has 0 aromatic heterocycles. The van der Waals surface area contributed by atoms with Gasteiger partial charge in [-0.1, -0.05) is 23.4 Å². The van der Waals surface area contributed by atoms with Gasteiger partial charge in [0.15, 0.2) is 0 Å². The van der Waals surface area contributed by atoms with E-state index in [2.05, 4.69) is 5.32 Å². The van der Waals surface area contributed by atoms with E-state index in [0.717, 1.165) is 15.4 Å². The van der Waals surface area contributed by atoms with Gasteiger partial charge in [-0.25, -0.2) is 4.39 Å². The van der Waals surface area contributed by atoms with E-state index in [1.54, 1.807) is 24.8 Å². The number of hydrogen-bond donors (Lipinski definition) is 1. The Balaban J connectivity index is 2.38. The van der Waals surface area contributed by atoms with Crippen molar-refractivity contribution in [3.8, 4) is 0 Å². The largest absolute Gasteiger partial charge is 0.313 e. The van der Waals surface area contributed by atoms with Gasteiger partial charge in [-0.05, 0) is 68.4 Å². The molecule has 2 aromatic carbocycles. The molecule has 1 nitrogen and oxygen atoms in total. The zero-order valence-corrected chi connectivity index (χ0v) is 13.3. The fourth-order valence-corrected chi connectivity index (χ4v) is 3.12. The summed E-state index contributed by atoms with van der Waals surface area (Å²) in [6.07, 6.45) is 0. The van der Waals surface area contributed by atoms with E-state index in [1.165, 1.54) is 0 Å². The summed E-state index contributed by atoms with van der Waals surface area (Å²) in [5.41, 5.74) is 1.63. The van der Waals surface area contributed by atoms with Crippen molar-refractivity contribution in [2.75, 3.05) is 7.05 Å². The van der Waals surface area contributed by atoms with Gasteiger partial charge in [-0.3, -0.25) is 0 Å². The van der Waals surface area contributed by atoms with Crippen LogP contribution in [0.3, 0.4) is 0 Å². The van der Waals surface area contributed by atoms with Crippen LogP contribution in [0, 0.1) is 12.7 Å². The lowest BCUT2D eigenvalue weighted by molar-refractivity contribution is 0.594. The first-order valence-electron chi connectivity index (χ1n) is 6.42. The molecule has 0 heterocycles. The summed E-state index contributed by atoms with van der Waals surface area (Å²) >= 11 is 7.52. The van der Waals surface area contributed by atoms with Crippen LogP contribution in [0.15, 0.2) is 46.2 Å². The SMILES string of the molecule is CNC(C)c1cc(F)c(C)cc1Sc1ccc(Cl)cc1. The van der Waals surface area contributed by atoms with Crippen molar-refractivity contribution in [2.45, 2.75) is 29.7 Å². The van der Waals surface area contributed by atoms with Crippen LogP contribution in [0.2, 0.25) is 5.02 Å². The second-order valence-electron chi connectivity index (χ2n) is 4.71. The van der Waals surface area contributed by atoms with E-state index in [-0.39, 0.29) is 11.9 Å². The Bertz CT molecular complexity index is 598. The molecule has 2 aromatic rings. The van der Waals surface area contributed by atoms with Gasteiger partial charge in [0.05, 0.1) is 0 Å². The Kier molecular flexibility index (Phi) is 5.08. The molecule has 0 aliphatic heterocycles. The first-order chi connectivity index (χ1) is 9.51. The quantitative estimate of drug-likeness (QED) is 0.831. The smallest absolute Gasteiger partial charge is 0.126 e. The van der Waals surface area contributed by atoms with E-state index < -0.39 is 0 Å².